The molecule has 1 aromatic carbocycles. The molecule has 1 aromatic rings. The van der Waals surface area contributed by atoms with Gasteiger partial charge in [0.2, 0.25) is 0 Å². The third-order valence-corrected chi connectivity index (χ3v) is 4.12. The molecule has 0 saturated carbocycles. The van der Waals surface area contributed by atoms with Gasteiger partial charge in [-0.05, 0) is 25.0 Å². The fourth-order valence-corrected chi connectivity index (χ4v) is 2.84. The maximum absolute atomic E-state index is 12.2. The van der Waals surface area contributed by atoms with Crippen LogP contribution in [0.4, 0.5) is 0 Å². The van der Waals surface area contributed by atoms with Crippen molar-refractivity contribution in [1.82, 2.24) is 4.90 Å². The van der Waals surface area contributed by atoms with Crippen molar-refractivity contribution < 1.29 is 9.90 Å². The van der Waals surface area contributed by atoms with Crippen LogP contribution < -0.4 is 0 Å². The summed E-state index contributed by atoms with van der Waals surface area (Å²) in [5.41, 5.74) is 0.0268. The Morgan fingerprint density at radius 2 is 2.05 bits per heavy atom. The van der Waals surface area contributed by atoms with Gasteiger partial charge < -0.3 is 10.0 Å². The van der Waals surface area contributed by atoms with E-state index in [1.54, 1.807) is 25.2 Å². The maximum Gasteiger partial charge on any atom is 0.256 e. The molecule has 19 heavy (non-hydrogen) atoms. The molecule has 1 aliphatic heterocycles. The zero-order valence-electron chi connectivity index (χ0n) is 11.4. The topological polar surface area (TPSA) is 40.5 Å². The Bertz CT molecular complexity index is 489. The Labute approximate surface area is 119 Å². The Kier molecular flexibility index (Phi) is 4.16. The lowest BCUT2D eigenvalue weighted by atomic mass is 9.95. The van der Waals surface area contributed by atoms with E-state index in [9.17, 15) is 9.90 Å². The molecule has 1 atom stereocenters. The van der Waals surface area contributed by atoms with Gasteiger partial charge in [0.15, 0.2) is 5.72 Å². The van der Waals surface area contributed by atoms with E-state index in [2.05, 4.69) is 6.92 Å². The molecule has 0 aromatic heterocycles. The highest BCUT2D eigenvalue weighted by atomic mass is 35.5. The highest BCUT2D eigenvalue weighted by molar-refractivity contribution is 6.31. The van der Waals surface area contributed by atoms with Gasteiger partial charge in [0.05, 0.1) is 0 Å². The van der Waals surface area contributed by atoms with Crippen molar-refractivity contribution in [2.75, 3.05) is 7.05 Å². The number of hydrogen-bond donors (Lipinski definition) is 1. The quantitative estimate of drug-likeness (QED) is 0.839. The summed E-state index contributed by atoms with van der Waals surface area (Å²) in [6.07, 6.45) is 4.86. The first-order valence-electron chi connectivity index (χ1n) is 6.81. The van der Waals surface area contributed by atoms with Gasteiger partial charge in [-0.2, -0.15) is 0 Å². The maximum atomic E-state index is 12.2. The minimum absolute atomic E-state index is 0.157. The van der Waals surface area contributed by atoms with E-state index in [0.717, 1.165) is 25.7 Å². The number of aliphatic hydroxyl groups is 1. The third kappa shape index (κ3) is 2.49. The van der Waals surface area contributed by atoms with Crippen molar-refractivity contribution in [3.05, 3.63) is 34.3 Å². The molecule has 4 heteroatoms. The van der Waals surface area contributed by atoms with Crippen molar-refractivity contribution in [1.29, 1.82) is 0 Å². The van der Waals surface area contributed by atoms with E-state index in [1.807, 2.05) is 0 Å². The summed E-state index contributed by atoms with van der Waals surface area (Å²) in [6, 6.07) is 5.13. The number of rotatable bonds is 5. The van der Waals surface area contributed by atoms with Gasteiger partial charge in [-0.15, -0.1) is 0 Å². The standard InChI is InChI=1S/C15H20ClNO2/c1-3-4-5-6-9-15(19)13-8-7-11(16)10-12(13)14(18)17(15)2/h7-8,10,19H,3-6,9H2,1-2H3. The normalized spacial score (nSPS) is 21.9. The molecular formula is C15H20ClNO2. The molecule has 2 rings (SSSR count). The Balaban J connectivity index is 2.24. The Morgan fingerprint density at radius 1 is 1.32 bits per heavy atom. The molecule has 1 unspecified atom stereocenters. The van der Waals surface area contributed by atoms with Crippen LogP contribution in [0.3, 0.4) is 0 Å². The molecule has 1 amide bonds. The van der Waals surface area contributed by atoms with E-state index in [-0.39, 0.29) is 5.91 Å². The SMILES string of the molecule is CCCCCCC1(O)c2ccc(Cl)cc2C(=O)N1C. The predicted molar refractivity (Wildman–Crippen MR) is 76.2 cm³/mol. The average molecular weight is 282 g/mol. The summed E-state index contributed by atoms with van der Waals surface area (Å²) < 4.78 is 0. The second-order valence-corrected chi connectivity index (χ2v) is 5.62. The number of nitrogens with zero attached hydrogens (tertiary/aromatic N) is 1. The highest BCUT2D eigenvalue weighted by Gasteiger charge is 2.45. The smallest absolute Gasteiger partial charge is 0.256 e. The lowest BCUT2D eigenvalue weighted by Gasteiger charge is -2.31. The molecule has 0 saturated heterocycles. The molecule has 3 nitrogen and oxygen atoms in total. The summed E-state index contributed by atoms with van der Waals surface area (Å²) in [4.78, 5) is 13.6. The van der Waals surface area contributed by atoms with Crippen LogP contribution in [0.25, 0.3) is 0 Å². The van der Waals surface area contributed by atoms with E-state index in [0.29, 0.717) is 22.6 Å². The van der Waals surface area contributed by atoms with Crippen molar-refractivity contribution in [2.24, 2.45) is 0 Å². The number of carbonyl (C=O) groups is 1. The molecule has 1 N–H and O–H groups in total. The highest BCUT2D eigenvalue weighted by Crippen LogP contribution is 2.40. The third-order valence-electron chi connectivity index (χ3n) is 3.88. The van der Waals surface area contributed by atoms with Crippen molar-refractivity contribution >= 4 is 17.5 Å². The number of carbonyl (C=O) groups excluding carboxylic acids is 1. The lowest BCUT2D eigenvalue weighted by Crippen LogP contribution is -2.40. The van der Waals surface area contributed by atoms with Gasteiger partial charge in [0, 0.05) is 23.2 Å². The Hall–Kier alpha value is -1.06. The number of unbranched alkanes of at least 4 members (excludes halogenated alkanes) is 3. The van der Waals surface area contributed by atoms with Crippen molar-refractivity contribution in [3.8, 4) is 0 Å². The largest absolute Gasteiger partial charge is 0.367 e. The molecular weight excluding hydrogens is 262 g/mol. The fourth-order valence-electron chi connectivity index (χ4n) is 2.67. The predicted octanol–water partition coefficient (Wildman–Crippen LogP) is 3.54. The second-order valence-electron chi connectivity index (χ2n) is 5.18. The van der Waals surface area contributed by atoms with Gasteiger partial charge in [0.25, 0.3) is 5.91 Å². The first-order valence-corrected chi connectivity index (χ1v) is 7.19. The van der Waals surface area contributed by atoms with Gasteiger partial charge in [-0.3, -0.25) is 4.79 Å². The van der Waals surface area contributed by atoms with Crippen molar-refractivity contribution in [3.63, 3.8) is 0 Å². The van der Waals surface area contributed by atoms with Crippen LogP contribution in [0, 0.1) is 0 Å². The molecule has 0 fully saturated rings. The minimum atomic E-state index is -1.18. The average Bonchev–Trinajstić information content (AvgIpc) is 2.58. The fraction of sp³-hybridized carbons (Fsp3) is 0.533. The summed E-state index contributed by atoms with van der Waals surface area (Å²) >= 11 is 5.92. The van der Waals surface area contributed by atoms with Gasteiger partial charge >= 0.3 is 0 Å². The molecule has 1 heterocycles. The van der Waals surface area contributed by atoms with E-state index >= 15 is 0 Å². The lowest BCUT2D eigenvalue weighted by molar-refractivity contribution is -0.0800. The summed E-state index contributed by atoms with van der Waals surface area (Å²) in [7, 11) is 1.65. The molecule has 0 aliphatic carbocycles. The van der Waals surface area contributed by atoms with Gasteiger partial charge in [0.1, 0.15) is 0 Å². The first-order chi connectivity index (χ1) is 9.00. The van der Waals surface area contributed by atoms with E-state index < -0.39 is 5.72 Å². The van der Waals surface area contributed by atoms with Crippen LogP contribution in [0.1, 0.15) is 54.9 Å². The van der Waals surface area contributed by atoms with Crippen molar-refractivity contribution in [2.45, 2.75) is 44.8 Å². The van der Waals surface area contributed by atoms with Gasteiger partial charge in [-0.1, -0.05) is 43.9 Å². The second kappa shape index (κ2) is 5.51. The number of halogens is 1. The molecule has 1 aliphatic rings. The van der Waals surface area contributed by atoms with Crippen LogP contribution in [-0.2, 0) is 5.72 Å². The zero-order valence-corrected chi connectivity index (χ0v) is 12.2. The number of benzene rings is 1. The summed E-state index contributed by atoms with van der Waals surface area (Å²) in [6.45, 7) is 2.15. The van der Waals surface area contributed by atoms with Gasteiger partial charge in [-0.25, -0.2) is 0 Å². The van der Waals surface area contributed by atoms with E-state index in [1.165, 1.54) is 4.90 Å². The van der Waals surface area contributed by atoms with Crippen LogP contribution in [0.5, 0.6) is 0 Å². The summed E-state index contributed by atoms with van der Waals surface area (Å²) in [5, 5.41) is 11.4. The summed E-state index contributed by atoms with van der Waals surface area (Å²) in [5.74, 6) is -0.157. The van der Waals surface area contributed by atoms with Crippen LogP contribution >= 0.6 is 11.6 Å². The van der Waals surface area contributed by atoms with Crippen LogP contribution in [0.15, 0.2) is 18.2 Å². The molecule has 104 valence electrons. The van der Waals surface area contributed by atoms with Crippen LogP contribution in [0.2, 0.25) is 5.02 Å². The van der Waals surface area contributed by atoms with E-state index in [4.69, 9.17) is 11.6 Å². The molecule has 0 bridgehead atoms. The number of amides is 1. The molecule has 0 spiro atoms. The molecule has 0 radical (unpaired) electrons. The van der Waals surface area contributed by atoms with Crippen LogP contribution in [-0.4, -0.2) is 23.0 Å². The minimum Gasteiger partial charge on any atom is -0.367 e. The first kappa shape index (κ1) is 14.4. The monoisotopic (exact) mass is 281 g/mol. The zero-order chi connectivity index (χ0) is 14.0. The number of fused-ring (bicyclic) bond motifs is 1. The Morgan fingerprint density at radius 3 is 2.74 bits per heavy atom. The number of hydrogen-bond acceptors (Lipinski definition) is 2.